The molecule has 1 aliphatic heterocycles. The molecule has 122 valence electrons. The Hall–Kier alpha value is -1.76. The summed E-state index contributed by atoms with van der Waals surface area (Å²) in [6, 6.07) is 8.02. The van der Waals surface area contributed by atoms with Gasteiger partial charge in [-0.2, -0.15) is 0 Å². The Morgan fingerprint density at radius 2 is 2.17 bits per heavy atom. The largest absolute Gasteiger partial charge is 0.394 e. The molecule has 0 radical (unpaired) electrons. The molecule has 1 fully saturated rings. The van der Waals surface area contributed by atoms with Gasteiger partial charge in [-0.05, 0) is 42.7 Å². The van der Waals surface area contributed by atoms with E-state index in [9.17, 15) is 14.3 Å². The minimum Gasteiger partial charge on any atom is -0.394 e. The van der Waals surface area contributed by atoms with Crippen molar-refractivity contribution >= 4 is 17.2 Å². The molecule has 6 heteroatoms. The molecule has 1 saturated heterocycles. The summed E-state index contributed by atoms with van der Waals surface area (Å²) >= 11 is 1.39. The van der Waals surface area contributed by atoms with Crippen LogP contribution in [0.4, 0.5) is 4.39 Å². The van der Waals surface area contributed by atoms with Gasteiger partial charge in [0.15, 0.2) is 0 Å². The number of hydrogen-bond donors (Lipinski definition) is 2. The number of hydrogen-bond acceptors (Lipinski definition) is 4. The van der Waals surface area contributed by atoms with E-state index in [0.29, 0.717) is 24.5 Å². The summed E-state index contributed by atoms with van der Waals surface area (Å²) in [5, 5.41) is 12.4. The number of benzene rings is 1. The predicted octanol–water partition coefficient (Wildman–Crippen LogP) is 2.74. The standard InChI is InChI=1S/C17H18FNO3S/c1-11-14(12-2-4-13(18)5-3-12)8-15(23-11)16(21)19-17(9-20)6-7-22-10-17/h2-5,8,20H,6-7,9-10H2,1H3,(H,19,21). The Kier molecular flexibility index (Phi) is 4.48. The number of nitrogens with one attached hydrogen (secondary N) is 1. The summed E-state index contributed by atoms with van der Waals surface area (Å²) in [6.07, 6.45) is 0.602. The number of halogens is 1. The van der Waals surface area contributed by atoms with E-state index < -0.39 is 5.54 Å². The predicted molar refractivity (Wildman–Crippen MR) is 87.2 cm³/mol. The van der Waals surface area contributed by atoms with Gasteiger partial charge in [-0.25, -0.2) is 4.39 Å². The maximum atomic E-state index is 13.0. The van der Waals surface area contributed by atoms with Gasteiger partial charge in [0.25, 0.3) is 5.91 Å². The Balaban J connectivity index is 1.82. The summed E-state index contributed by atoms with van der Waals surface area (Å²) in [6.45, 7) is 2.64. The van der Waals surface area contributed by atoms with Gasteiger partial charge in [0.05, 0.1) is 23.6 Å². The van der Waals surface area contributed by atoms with Crippen molar-refractivity contribution in [1.29, 1.82) is 0 Å². The van der Waals surface area contributed by atoms with E-state index in [2.05, 4.69) is 5.32 Å². The van der Waals surface area contributed by atoms with Gasteiger partial charge >= 0.3 is 0 Å². The lowest BCUT2D eigenvalue weighted by molar-refractivity contribution is 0.0793. The molecule has 1 amide bonds. The van der Waals surface area contributed by atoms with Crippen molar-refractivity contribution < 1.29 is 19.0 Å². The number of carbonyl (C=O) groups excluding carboxylic acids is 1. The van der Waals surface area contributed by atoms with Crippen molar-refractivity contribution in [2.45, 2.75) is 18.9 Å². The van der Waals surface area contributed by atoms with E-state index in [-0.39, 0.29) is 18.3 Å². The molecule has 1 unspecified atom stereocenters. The van der Waals surface area contributed by atoms with Gasteiger partial charge in [0, 0.05) is 11.5 Å². The van der Waals surface area contributed by atoms with Gasteiger partial charge in [-0.3, -0.25) is 4.79 Å². The number of amides is 1. The zero-order chi connectivity index (χ0) is 16.4. The normalized spacial score (nSPS) is 20.7. The molecule has 3 rings (SSSR count). The van der Waals surface area contributed by atoms with Crippen LogP contribution in [0.25, 0.3) is 11.1 Å². The fourth-order valence-electron chi connectivity index (χ4n) is 2.68. The van der Waals surface area contributed by atoms with E-state index >= 15 is 0 Å². The minimum atomic E-state index is -0.689. The fraction of sp³-hybridized carbons (Fsp3) is 0.353. The topological polar surface area (TPSA) is 58.6 Å². The van der Waals surface area contributed by atoms with E-state index in [0.717, 1.165) is 16.0 Å². The summed E-state index contributed by atoms with van der Waals surface area (Å²) in [5.41, 5.74) is 1.10. The van der Waals surface area contributed by atoms with Crippen LogP contribution in [0.3, 0.4) is 0 Å². The number of aliphatic hydroxyl groups is 1. The number of rotatable bonds is 4. The monoisotopic (exact) mass is 335 g/mol. The van der Waals surface area contributed by atoms with Crippen LogP contribution in [0.15, 0.2) is 30.3 Å². The molecular weight excluding hydrogens is 317 g/mol. The van der Waals surface area contributed by atoms with Crippen LogP contribution in [0.1, 0.15) is 21.0 Å². The third kappa shape index (κ3) is 3.29. The van der Waals surface area contributed by atoms with Gasteiger partial charge in [-0.15, -0.1) is 11.3 Å². The van der Waals surface area contributed by atoms with Crippen LogP contribution >= 0.6 is 11.3 Å². The van der Waals surface area contributed by atoms with Crippen molar-refractivity contribution in [2.24, 2.45) is 0 Å². The molecule has 1 aliphatic rings. The average molecular weight is 335 g/mol. The van der Waals surface area contributed by atoms with Gasteiger partial charge in [0.2, 0.25) is 0 Å². The molecule has 2 aromatic rings. The molecule has 23 heavy (non-hydrogen) atoms. The summed E-state index contributed by atoms with van der Waals surface area (Å²) < 4.78 is 18.3. The molecule has 4 nitrogen and oxygen atoms in total. The van der Waals surface area contributed by atoms with Crippen LogP contribution in [-0.4, -0.2) is 36.4 Å². The highest BCUT2D eigenvalue weighted by Crippen LogP contribution is 2.31. The molecule has 0 spiro atoms. The Morgan fingerprint density at radius 3 is 2.78 bits per heavy atom. The van der Waals surface area contributed by atoms with Crippen LogP contribution in [-0.2, 0) is 4.74 Å². The van der Waals surface area contributed by atoms with Crippen molar-refractivity contribution in [3.63, 3.8) is 0 Å². The van der Waals surface area contributed by atoms with Gasteiger partial charge in [-0.1, -0.05) is 12.1 Å². The SMILES string of the molecule is Cc1sc(C(=O)NC2(CO)CCOC2)cc1-c1ccc(F)cc1. The maximum absolute atomic E-state index is 13.0. The summed E-state index contributed by atoms with van der Waals surface area (Å²) in [5.74, 6) is -0.503. The zero-order valence-corrected chi connectivity index (χ0v) is 13.6. The molecule has 1 aromatic carbocycles. The highest BCUT2D eigenvalue weighted by atomic mass is 32.1. The van der Waals surface area contributed by atoms with Crippen molar-refractivity contribution in [2.75, 3.05) is 19.8 Å². The van der Waals surface area contributed by atoms with Crippen molar-refractivity contribution in [3.8, 4) is 11.1 Å². The van der Waals surface area contributed by atoms with Gasteiger partial charge < -0.3 is 15.2 Å². The van der Waals surface area contributed by atoms with E-state index in [4.69, 9.17) is 4.74 Å². The Bertz CT molecular complexity index is 705. The molecular formula is C17H18FNO3S. The second-order valence-corrected chi connectivity index (χ2v) is 7.04. The highest BCUT2D eigenvalue weighted by Gasteiger charge is 2.36. The third-order valence-corrected chi connectivity index (χ3v) is 5.13. The number of ether oxygens (including phenoxy) is 1. The quantitative estimate of drug-likeness (QED) is 0.903. The second kappa shape index (κ2) is 6.39. The third-order valence-electron chi connectivity index (χ3n) is 4.08. The van der Waals surface area contributed by atoms with Crippen LogP contribution in [0.2, 0.25) is 0 Å². The first-order valence-electron chi connectivity index (χ1n) is 7.40. The van der Waals surface area contributed by atoms with Crippen molar-refractivity contribution in [3.05, 3.63) is 45.9 Å². The molecule has 0 aliphatic carbocycles. The molecule has 1 atom stereocenters. The van der Waals surface area contributed by atoms with E-state index in [1.54, 1.807) is 12.1 Å². The molecule has 0 bridgehead atoms. The first-order valence-corrected chi connectivity index (χ1v) is 8.22. The molecule has 2 N–H and O–H groups in total. The number of aryl methyl sites for hydroxylation is 1. The molecule has 0 saturated carbocycles. The smallest absolute Gasteiger partial charge is 0.261 e. The number of thiophene rings is 1. The average Bonchev–Trinajstić information content (AvgIpc) is 3.16. The zero-order valence-electron chi connectivity index (χ0n) is 12.8. The van der Waals surface area contributed by atoms with Crippen molar-refractivity contribution in [1.82, 2.24) is 5.32 Å². The summed E-state index contributed by atoms with van der Waals surface area (Å²) in [7, 11) is 0. The Labute approximate surface area is 137 Å². The second-order valence-electron chi connectivity index (χ2n) is 5.78. The maximum Gasteiger partial charge on any atom is 0.261 e. The van der Waals surface area contributed by atoms with Crippen LogP contribution in [0, 0.1) is 12.7 Å². The lowest BCUT2D eigenvalue weighted by atomic mass is 10.00. The summed E-state index contributed by atoms with van der Waals surface area (Å²) in [4.78, 5) is 14.0. The van der Waals surface area contributed by atoms with Crippen LogP contribution in [0.5, 0.6) is 0 Å². The highest BCUT2D eigenvalue weighted by molar-refractivity contribution is 7.14. The first kappa shape index (κ1) is 16.1. The van der Waals surface area contributed by atoms with E-state index in [1.807, 2.05) is 13.0 Å². The lowest BCUT2D eigenvalue weighted by Crippen LogP contribution is -2.51. The first-order chi connectivity index (χ1) is 11.0. The fourth-order valence-corrected chi connectivity index (χ4v) is 3.62. The Morgan fingerprint density at radius 1 is 1.43 bits per heavy atom. The van der Waals surface area contributed by atoms with Crippen LogP contribution < -0.4 is 5.32 Å². The molecule has 1 aromatic heterocycles. The van der Waals surface area contributed by atoms with Gasteiger partial charge in [0.1, 0.15) is 5.82 Å². The minimum absolute atomic E-state index is 0.145. The van der Waals surface area contributed by atoms with E-state index in [1.165, 1.54) is 23.5 Å². The number of carbonyl (C=O) groups is 1. The lowest BCUT2D eigenvalue weighted by Gasteiger charge is -2.25. The number of aliphatic hydroxyl groups excluding tert-OH is 1. The molecule has 2 heterocycles.